The zero-order chi connectivity index (χ0) is 15.5. The van der Waals surface area contributed by atoms with Gasteiger partial charge in [0.25, 0.3) is 0 Å². The Balaban J connectivity index is 2.04. The fourth-order valence-electron chi connectivity index (χ4n) is 1.94. The van der Waals surface area contributed by atoms with Gasteiger partial charge >= 0.3 is 0 Å². The number of nitrogens with one attached hydrogen (secondary N) is 1. The van der Waals surface area contributed by atoms with E-state index in [0.717, 1.165) is 0 Å². The fraction of sp³-hybridized carbons (Fsp3) is 0.357. The first-order valence-electron chi connectivity index (χ1n) is 6.48. The van der Waals surface area contributed by atoms with Gasteiger partial charge in [-0.1, -0.05) is 0 Å². The molecule has 0 aliphatic carbocycles. The van der Waals surface area contributed by atoms with E-state index in [2.05, 4.69) is 9.71 Å². The lowest BCUT2D eigenvalue weighted by Gasteiger charge is -2.10. The van der Waals surface area contributed by atoms with Gasteiger partial charge < -0.3 is 9.15 Å². The van der Waals surface area contributed by atoms with Gasteiger partial charge in [-0.15, -0.1) is 0 Å². The maximum Gasteiger partial charge on any atom is 0.240 e. The van der Waals surface area contributed by atoms with E-state index in [9.17, 15) is 8.42 Å². The summed E-state index contributed by atoms with van der Waals surface area (Å²) in [6.45, 7) is 3.75. The van der Waals surface area contributed by atoms with E-state index >= 15 is 0 Å². The van der Waals surface area contributed by atoms with E-state index in [4.69, 9.17) is 9.15 Å². The van der Waals surface area contributed by atoms with Gasteiger partial charge in [0.1, 0.15) is 11.5 Å². The fourth-order valence-corrected chi connectivity index (χ4v) is 3.19. The number of nitrogens with zero attached hydrogens (tertiary/aromatic N) is 1. The van der Waals surface area contributed by atoms with Crippen LogP contribution in [0.25, 0.3) is 0 Å². The summed E-state index contributed by atoms with van der Waals surface area (Å²) in [5, 5.41) is 0. The molecule has 0 radical (unpaired) electrons. The molecular formula is C14H18N2O4S. The van der Waals surface area contributed by atoms with Crippen molar-refractivity contribution in [1.29, 1.82) is 0 Å². The lowest BCUT2D eigenvalue weighted by Crippen LogP contribution is -2.26. The van der Waals surface area contributed by atoms with Gasteiger partial charge in [-0.2, -0.15) is 0 Å². The molecule has 0 unspecified atom stereocenters. The quantitative estimate of drug-likeness (QED) is 0.880. The summed E-state index contributed by atoms with van der Waals surface area (Å²) in [7, 11) is -2.01. The van der Waals surface area contributed by atoms with Crippen molar-refractivity contribution in [2.45, 2.75) is 25.2 Å². The average Bonchev–Trinajstić information content (AvgIpc) is 2.83. The number of oxazole rings is 1. The van der Waals surface area contributed by atoms with Crippen molar-refractivity contribution in [2.24, 2.45) is 0 Å². The van der Waals surface area contributed by atoms with Crippen molar-refractivity contribution < 1.29 is 17.6 Å². The lowest BCUT2D eigenvalue weighted by molar-refractivity contribution is 0.414. The van der Waals surface area contributed by atoms with Crippen LogP contribution in [-0.4, -0.2) is 27.1 Å². The Labute approximate surface area is 124 Å². The van der Waals surface area contributed by atoms with Crippen LogP contribution in [0.15, 0.2) is 33.7 Å². The summed E-state index contributed by atoms with van der Waals surface area (Å²) in [5.74, 6) is 1.85. The second-order valence-corrected chi connectivity index (χ2v) is 6.38. The number of ether oxygens (including phenoxy) is 1. The summed E-state index contributed by atoms with van der Waals surface area (Å²) in [6, 6.07) is 4.84. The molecule has 21 heavy (non-hydrogen) atoms. The number of aromatic nitrogens is 1. The summed E-state index contributed by atoms with van der Waals surface area (Å²) in [6.07, 6.45) is 2.01. The zero-order valence-electron chi connectivity index (χ0n) is 12.2. The number of sulfonamides is 1. The van der Waals surface area contributed by atoms with Gasteiger partial charge in [-0.3, -0.25) is 0 Å². The maximum absolute atomic E-state index is 12.2. The van der Waals surface area contributed by atoms with Crippen LogP contribution in [0.3, 0.4) is 0 Å². The Morgan fingerprint density at radius 2 is 2.10 bits per heavy atom. The van der Waals surface area contributed by atoms with Crippen LogP contribution in [0.4, 0.5) is 0 Å². The molecule has 0 atom stereocenters. The van der Waals surface area contributed by atoms with Crippen molar-refractivity contribution >= 4 is 10.0 Å². The molecule has 0 bridgehead atoms. The van der Waals surface area contributed by atoms with Gasteiger partial charge in [0.15, 0.2) is 5.89 Å². The predicted octanol–water partition coefficient (Wildman–Crippen LogP) is 1.82. The molecule has 2 aromatic rings. The Kier molecular flexibility index (Phi) is 4.64. The van der Waals surface area contributed by atoms with Crippen LogP contribution in [0.5, 0.6) is 5.75 Å². The molecule has 0 spiro atoms. The van der Waals surface area contributed by atoms with Crippen LogP contribution in [-0.2, 0) is 16.4 Å². The van der Waals surface area contributed by atoms with Gasteiger partial charge in [0, 0.05) is 13.0 Å². The van der Waals surface area contributed by atoms with E-state index < -0.39 is 10.0 Å². The molecule has 1 aromatic heterocycles. The van der Waals surface area contributed by atoms with Crippen molar-refractivity contribution in [3.8, 4) is 5.75 Å². The molecular weight excluding hydrogens is 292 g/mol. The Morgan fingerprint density at radius 3 is 2.67 bits per heavy atom. The molecule has 1 heterocycles. The van der Waals surface area contributed by atoms with Crippen LogP contribution in [0.2, 0.25) is 0 Å². The molecule has 1 aromatic carbocycles. The SMILES string of the molecule is COc1ccc(S(=O)(=O)NCCc2ncc(C)o2)c(C)c1. The van der Waals surface area contributed by atoms with E-state index in [1.54, 1.807) is 39.3 Å². The van der Waals surface area contributed by atoms with Crippen LogP contribution in [0.1, 0.15) is 17.2 Å². The minimum Gasteiger partial charge on any atom is -0.497 e. The normalized spacial score (nSPS) is 11.6. The minimum absolute atomic E-state index is 0.230. The van der Waals surface area contributed by atoms with Crippen molar-refractivity contribution in [3.05, 3.63) is 41.6 Å². The molecule has 7 heteroatoms. The summed E-state index contributed by atoms with van der Waals surface area (Å²) >= 11 is 0. The van der Waals surface area contributed by atoms with E-state index in [1.807, 2.05) is 0 Å². The Hall–Kier alpha value is -1.86. The first-order valence-corrected chi connectivity index (χ1v) is 7.96. The number of rotatable bonds is 6. The summed E-state index contributed by atoms with van der Waals surface area (Å²) in [5.41, 5.74) is 0.633. The second-order valence-electron chi connectivity index (χ2n) is 4.64. The Morgan fingerprint density at radius 1 is 1.33 bits per heavy atom. The number of methoxy groups -OCH3 is 1. The van der Waals surface area contributed by atoms with E-state index in [0.29, 0.717) is 29.4 Å². The average molecular weight is 310 g/mol. The van der Waals surface area contributed by atoms with E-state index in [-0.39, 0.29) is 11.4 Å². The minimum atomic E-state index is -3.55. The number of hydrogen-bond donors (Lipinski definition) is 1. The van der Waals surface area contributed by atoms with Gasteiger partial charge in [0.2, 0.25) is 10.0 Å². The summed E-state index contributed by atoms with van der Waals surface area (Å²) in [4.78, 5) is 4.27. The van der Waals surface area contributed by atoms with Crippen LogP contribution >= 0.6 is 0 Å². The number of hydrogen-bond acceptors (Lipinski definition) is 5. The van der Waals surface area contributed by atoms with Crippen LogP contribution in [0, 0.1) is 13.8 Å². The highest BCUT2D eigenvalue weighted by atomic mass is 32.2. The first kappa shape index (κ1) is 15.5. The first-order chi connectivity index (χ1) is 9.92. The zero-order valence-corrected chi connectivity index (χ0v) is 13.0. The molecule has 6 nitrogen and oxygen atoms in total. The standard InChI is InChI=1S/C14H18N2O4S/c1-10-8-12(19-3)4-5-13(10)21(17,18)16-7-6-14-15-9-11(2)20-14/h4-5,8-9,16H,6-7H2,1-3H3. The monoisotopic (exact) mass is 310 g/mol. The Bertz CT molecular complexity index is 722. The highest BCUT2D eigenvalue weighted by Crippen LogP contribution is 2.20. The molecule has 0 aliphatic rings. The molecule has 0 amide bonds. The van der Waals surface area contributed by atoms with Crippen molar-refractivity contribution in [1.82, 2.24) is 9.71 Å². The lowest BCUT2D eigenvalue weighted by atomic mass is 10.2. The highest BCUT2D eigenvalue weighted by Gasteiger charge is 2.17. The third-order valence-electron chi connectivity index (χ3n) is 2.97. The largest absolute Gasteiger partial charge is 0.497 e. The van der Waals surface area contributed by atoms with E-state index in [1.165, 1.54) is 6.07 Å². The second kappa shape index (κ2) is 6.28. The number of benzene rings is 1. The third kappa shape index (κ3) is 3.83. The van der Waals surface area contributed by atoms with Gasteiger partial charge in [-0.25, -0.2) is 18.1 Å². The van der Waals surface area contributed by atoms with Crippen molar-refractivity contribution in [3.63, 3.8) is 0 Å². The molecule has 1 N–H and O–H groups in total. The molecule has 0 saturated carbocycles. The summed E-state index contributed by atoms with van der Waals surface area (Å²) < 4.78 is 37.4. The maximum atomic E-state index is 12.2. The van der Waals surface area contributed by atoms with Crippen molar-refractivity contribution in [2.75, 3.05) is 13.7 Å². The molecule has 2 rings (SSSR count). The predicted molar refractivity (Wildman–Crippen MR) is 77.9 cm³/mol. The smallest absolute Gasteiger partial charge is 0.240 e. The molecule has 0 aliphatic heterocycles. The van der Waals surface area contributed by atoms with Gasteiger partial charge in [0.05, 0.1) is 18.2 Å². The topological polar surface area (TPSA) is 81.4 Å². The van der Waals surface area contributed by atoms with Gasteiger partial charge in [-0.05, 0) is 37.6 Å². The molecule has 0 saturated heterocycles. The highest BCUT2D eigenvalue weighted by molar-refractivity contribution is 7.89. The molecule has 114 valence electrons. The molecule has 0 fully saturated rings. The number of aryl methyl sites for hydroxylation is 2. The van der Waals surface area contributed by atoms with Crippen LogP contribution < -0.4 is 9.46 Å². The third-order valence-corrected chi connectivity index (χ3v) is 4.59.